The summed E-state index contributed by atoms with van der Waals surface area (Å²) in [4.78, 5) is 12.3. The lowest BCUT2D eigenvalue weighted by atomic mass is 9.44. The van der Waals surface area contributed by atoms with Crippen molar-refractivity contribution in [1.29, 1.82) is 0 Å². The van der Waals surface area contributed by atoms with E-state index in [1.54, 1.807) is 0 Å². The number of aliphatic hydroxyl groups is 1. The molecular weight excluding hydrogens is 446 g/mol. The molecule has 5 nitrogen and oxygen atoms in total. The van der Waals surface area contributed by atoms with Crippen LogP contribution in [0.1, 0.15) is 104 Å². The summed E-state index contributed by atoms with van der Waals surface area (Å²) >= 11 is 0. The molecule has 0 heterocycles. The maximum Gasteiger partial charge on any atom is 0.208 e. The molecule has 6 heteroatoms. The van der Waals surface area contributed by atoms with Crippen molar-refractivity contribution in [1.82, 2.24) is 4.72 Å². The van der Waals surface area contributed by atoms with Gasteiger partial charge in [-0.25, -0.2) is 13.1 Å². The van der Waals surface area contributed by atoms with Crippen molar-refractivity contribution in [3.05, 3.63) is 11.6 Å². The zero-order chi connectivity index (χ0) is 24.8. The SMILES string of the molecule is C[C@]12CCC(=O)C=C1C[C@@H](CCCCCCCNS(C)(=O)=O)C1C2CC[C@@]2(C)C1CC[C@]2(C)O. The Morgan fingerprint density at radius 2 is 1.68 bits per heavy atom. The standard InChI is InChI=1S/C28H47NO4S/c1-26-14-11-22(30)19-21(26)18-20(10-8-6-5-7-9-17-29-34(4,32)33)25-23(26)12-15-27(2)24(25)13-16-28(27,3)31/h19-20,23-25,29,31H,5-18H2,1-4H3/t20-,23?,24?,25?,26+,27+,28+/m1/s1. The number of hydrogen-bond acceptors (Lipinski definition) is 4. The second-order valence-electron chi connectivity index (χ2n) is 12.8. The largest absolute Gasteiger partial charge is 0.390 e. The molecule has 4 rings (SSSR count). The highest BCUT2D eigenvalue weighted by atomic mass is 32.2. The molecule has 4 aliphatic carbocycles. The average Bonchev–Trinajstić information content (AvgIpc) is 2.99. The molecule has 0 radical (unpaired) electrons. The molecule has 3 fully saturated rings. The van der Waals surface area contributed by atoms with E-state index in [2.05, 4.69) is 25.5 Å². The minimum Gasteiger partial charge on any atom is -0.390 e. The van der Waals surface area contributed by atoms with Gasteiger partial charge in [-0.15, -0.1) is 0 Å². The van der Waals surface area contributed by atoms with Crippen molar-refractivity contribution < 1.29 is 18.3 Å². The topological polar surface area (TPSA) is 83.5 Å². The molecule has 0 aliphatic heterocycles. The summed E-state index contributed by atoms with van der Waals surface area (Å²) in [5.41, 5.74) is 1.04. The van der Waals surface area contributed by atoms with Crippen molar-refractivity contribution in [2.24, 2.45) is 34.5 Å². The first kappa shape index (κ1) is 26.3. The number of rotatable bonds is 9. The third-order valence-electron chi connectivity index (χ3n) is 10.8. The Labute approximate surface area is 207 Å². The molecule has 0 aromatic rings. The molecule has 0 amide bonds. The number of hydrogen-bond donors (Lipinski definition) is 2. The number of ketones is 1. The van der Waals surface area contributed by atoms with E-state index in [4.69, 9.17) is 0 Å². The van der Waals surface area contributed by atoms with Gasteiger partial charge in [-0.3, -0.25) is 4.79 Å². The summed E-state index contributed by atoms with van der Waals surface area (Å²) in [7, 11) is -3.08. The van der Waals surface area contributed by atoms with Crippen molar-refractivity contribution in [2.45, 2.75) is 110 Å². The highest BCUT2D eigenvalue weighted by molar-refractivity contribution is 7.88. The molecule has 194 valence electrons. The maximum absolute atomic E-state index is 12.3. The Bertz CT molecular complexity index is 909. The minimum atomic E-state index is -3.08. The van der Waals surface area contributed by atoms with E-state index in [1.165, 1.54) is 37.5 Å². The first-order valence-electron chi connectivity index (χ1n) is 13.8. The molecule has 0 spiro atoms. The van der Waals surface area contributed by atoms with Crippen LogP contribution in [0.25, 0.3) is 0 Å². The van der Waals surface area contributed by atoms with Crippen molar-refractivity contribution in [2.75, 3.05) is 12.8 Å². The zero-order valence-corrected chi connectivity index (χ0v) is 22.7. The fourth-order valence-electron chi connectivity index (χ4n) is 8.56. The molecular formula is C28H47NO4S. The van der Waals surface area contributed by atoms with Crippen LogP contribution in [0.2, 0.25) is 0 Å². The van der Waals surface area contributed by atoms with E-state index in [-0.39, 0.29) is 10.8 Å². The molecule has 4 aliphatic rings. The van der Waals surface area contributed by atoms with Gasteiger partial charge >= 0.3 is 0 Å². The quantitative estimate of drug-likeness (QED) is 0.422. The molecule has 0 aromatic heterocycles. The Morgan fingerprint density at radius 3 is 2.41 bits per heavy atom. The lowest BCUT2D eigenvalue weighted by molar-refractivity contribution is -0.135. The summed E-state index contributed by atoms with van der Waals surface area (Å²) < 4.78 is 25.0. The first-order valence-corrected chi connectivity index (χ1v) is 15.7. The van der Waals surface area contributed by atoms with Crippen LogP contribution in [-0.2, 0) is 14.8 Å². The number of allylic oxidation sites excluding steroid dienone is 1. The summed E-state index contributed by atoms with van der Waals surface area (Å²) in [5.74, 6) is 2.81. The summed E-state index contributed by atoms with van der Waals surface area (Å²) in [5, 5.41) is 11.3. The summed E-state index contributed by atoms with van der Waals surface area (Å²) in [6.45, 7) is 7.42. The predicted molar refractivity (Wildman–Crippen MR) is 137 cm³/mol. The fraction of sp³-hybridized carbons (Fsp3) is 0.893. The van der Waals surface area contributed by atoms with Crippen molar-refractivity contribution in [3.63, 3.8) is 0 Å². The van der Waals surface area contributed by atoms with Gasteiger partial charge < -0.3 is 5.11 Å². The number of fused-ring (bicyclic) bond motifs is 5. The van der Waals surface area contributed by atoms with Crippen LogP contribution in [0, 0.1) is 34.5 Å². The highest BCUT2D eigenvalue weighted by Gasteiger charge is 2.64. The Balaban J connectivity index is 1.42. The van der Waals surface area contributed by atoms with Gasteiger partial charge in [0.05, 0.1) is 11.9 Å². The monoisotopic (exact) mass is 493 g/mol. The van der Waals surface area contributed by atoms with Crippen molar-refractivity contribution >= 4 is 15.8 Å². The molecule has 3 saturated carbocycles. The zero-order valence-electron chi connectivity index (χ0n) is 21.9. The smallest absolute Gasteiger partial charge is 0.208 e. The average molecular weight is 494 g/mol. The molecule has 3 unspecified atom stereocenters. The number of sulfonamides is 1. The molecule has 2 N–H and O–H groups in total. The Hall–Kier alpha value is -0.720. The van der Waals surface area contributed by atoms with Crippen LogP contribution in [0.3, 0.4) is 0 Å². The van der Waals surface area contributed by atoms with E-state index >= 15 is 0 Å². The Morgan fingerprint density at radius 1 is 1.00 bits per heavy atom. The van der Waals surface area contributed by atoms with E-state index in [0.29, 0.717) is 42.4 Å². The molecule has 34 heavy (non-hydrogen) atoms. The summed E-state index contributed by atoms with van der Waals surface area (Å²) in [6.07, 6.45) is 17.0. The maximum atomic E-state index is 12.3. The predicted octanol–water partition coefficient (Wildman–Crippen LogP) is 5.39. The van der Waals surface area contributed by atoms with Crippen LogP contribution < -0.4 is 4.72 Å². The van der Waals surface area contributed by atoms with Crippen LogP contribution in [0.15, 0.2) is 11.6 Å². The van der Waals surface area contributed by atoms with Gasteiger partial charge in [-0.2, -0.15) is 0 Å². The van der Waals surface area contributed by atoms with Gasteiger partial charge in [0.15, 0.2) is 5.78 Å². The van der Waals surface area contributed by atoms with E-state index in [0.717, 1.165) is 51.4 Å². The van der Waals surface area contributed by atoms with Gasteiger partial charge in [0.1, 0.15) is 0 Å². The van der Waals surface area contributed by atoms with Gasteiger partial charge in [0.25, 0.3) is 0 Å². The number of nitrogens with one attached hydrogen (secondary N) is 1. The van der Waals surface area contributed by atoms with Crippen molar-refractivity contribution in [3.8, 4) is 0 Å². The van der Waals surface area contributed by atoms with Crippen LogP contribution in [-0.4, -0.2) is 37.7 Å². The van der Waals surface area contributed by atoms with E-state index in [1.807, 2.05) is 6.08 Å². The highest BCUT2D eigenvalue weighted by Crippen LogP contribution is 2.69. The van der Waals surface area contributed by atoms with Crippen LogP contribution in [0.4, 0.5) is 0 Å². The normalized spacial score (nSPS) is 42.0. The Kier molecular flexibility index (Phi) is 7.46. The lowest BCUT2D eigenvalue weighted by Crippen LogP contribution is -2.56. The summed E-state index contributed by atoms with van der Waals surface area (Å²) in [6, 6.07) is 0. The van der Waals surface area contributed by atoms with E-state index < -0.39 is 15.6 Å². The van der Waals surface area contributed by atoms with Gasteiger partial charge in [-0.1, -0.05) is 45.1 Å². The number of carbonyl (C=O) groups is 1. The third kappa shape index (κ3) is 4.93. The van der Waals surface area contributed by atoms with Gasteiger partial charge in [0.2, 0.25) is 10.0 Å². The van der Waals surface area contributed by atoms with E-state index in [9.17, 15) is 18.3 Å². The second kappa shape index (κ2) is 9.63. The molecule has 0 saturated heterocycles. The minimum absolute atomic E-state index is 0.0150. The van der Waals surface area contributed by atoms with Gasteiger partial charge in [0, 0.05) is 13.0 Å². The number of carbonyl (C=O) groups excluding carboxylic acids is 1. The lowest BCUT2D eigenvalue weighted by Gasteiger charge is -2.61. The van der Waals surface area contributed by atoms with Crippen LogP contribution in [0.5, 0.6) is 0 Å². The molecule has 0 aromatic carbocycles. The van der Waals surface area contributed by atoms with Crippen LogP contribution >= 0.6 is 0 Å². The third-order valence-corrected chi connectivity index (χ3v) is 11.5. The second-order valence-corrected chi connectivity index (χ2v) is 14.6. The fourth-order valence-corrected chi connectivity index (χ4v) is 9.08. The molecule has 0 bridgehead atoms. The van der Waals surface area contributed by atoms with Gasteiger partial charge in [-0.05, 0) is 98.9 Å². The first-order chi connectivity index (χ1) is 15.9. The number of unbranched alkanes of at least 4 members (excludes halogenated alkanes) is 4. The molecule has 7 atom stereocenters.